The highest BCUT2D eigenvalue weighted by atomic mass is 32.1. The first-order valence-electron chi connectivity index (χ1n) is 12.4. The number of thiazole rings is 1. The van der Waals surface area contributed by atoms with Gasteiger partial charge in [0.1, 0.15) is 16.4 Å². The summed E-state index contributed by atoms with van der Waals surface area (Å²) in [5.74, 6) is 0.592. The number of piperidine rings is 1. The van der Waals surface area contributed by atoms with Crippen molar-refractivity contribution in [1.82, 2.24) is 29.7 Å². The van der Waals surface area contributed by atoms with Crippen molar-refractivity contribution >= 4 is 32.5 Å². The molecule has 2 aliphatic heterocycles. The minimum atomic E-state index is 0.250. The van der Waals surface area contributed by atoms with Gasteiger partial charge in [-0.05, 0) is 51.5 Å². The summed E-state index contributed by atoms with van der Waals surface area (Å²) in [7, 11) is 2.18. The fourth-order valence-corrected chi connectivity index (χ4v) is 7.08. The highest BCUT2D eigenvalue weighted by Gasteiger charge is 2.52. The van der Waals surface area contributed by atoms with Gasteiger partial charge in [-0.15, -0.1) is 0 Å². The number of rotatable bonds is 5. The SMILES string of the molecule is CC[C@]12CC[C@](CC)(CC(N(C)c3nc4cnc(-c5cc(C#N)c6nc(C)cn6c5)nc4s3)C1)N2. The minimum absolute atomic E-state index is 0.250. The number of hydrogen-bond donors (Lipinski definition) is 1. The van der Waals surface area contributed by atoms with Gasteiger partial charge in [-0.25, -0.2) is 19.9 Å². The van der Waals surface area contributed by atoms with Crippen LogP contribution in [-0.2, 0) is 0 Å². The van der Waals surface area contributed by atoms with Crippen LogP contribution in [-0.4, -0.2) is 48.5 Å². The number of nitriles is 1. The molecule has 0 aromatic carbocycles. The lowest BCUT2D eigenvalue weighted by molar-refractivity contribution is 0.172. The fourth-order valence-electron chi connectivity index (χ4n) is 6.13. The van der Waals surface area contributed by atoms with Gasteiger partial charge in [0.25, 0.3) is 0 Å². The van der Waals surface area contributed by atoms with Gasteiger partial charge < -0.3 is 14.6 Å². The predicted molar refractivity (Wildman–Crippen MR) is 139 cm³/mol. The Bertz CT molecular complexity index is 1460. The summed E-state index contributed by atoms with van der Waals surface area (Å²) < 4.78 is 1.88. The molecule has 2 saturated heterocycles. The standard InChI is InChI=1S/C26H30N8S/c1-5-25-7-8-26(6-2,32-25)11-19(10-25)33(4)24-30-20-13-28-21(31-23(20)35-24)18-9-17(12-27)22-29-16(3)14-34(22)15-18/h9,13-15,19,32H,5-8,10-11H2,1-4H3/t19?,25-,26+. The molecule has 1 unspecified atom stereocenters. The van der Waals surface area contributed by atoms with Gasteiger partial charge in [0.2, 0.25) is 0 Å². The second-order valence-electron chi connectivity index (χ2n) is 10.3. The van der Waals surface area contributed by atoms with E-state index >= 15 is 0 Å². The summed E-state index contributed by atoms with van der Waals surface area (Å²) in [5, 5.41) is 14.7. The van der Waals surface area contributed by atoms with E-state index in [9.17, 15) is 5.26 Å². The number of hydrogen-bond acceptors (Lipinski definition) is 8. The van der Waals surface area contributed by atoms with E-state index in [4.69, 9.17) is 9.97 Å². The van der Waals surface area contributed by atoms with Gasteiger partial charge in [-0.1, -0.05) is 25.2 Å². The Kier molecular flexibility index (Phi) is 5.09. The van der Waals surface area contributed by atoms with Crippen LogP contribution in [0.15, 0.2) is 24.7 Å². The van der Waals surface area contributed by atoms with Crippen LogP contribution < -0.4 is 10.2 Å². The van der Waals surface area contributed by atoms with Crippen LogP contribution in [0.3, 0.4) is 0 Å². The highest BCUT2D eigenvalue weighted by Crippen LogP contribution is 2.47. The quantitative estimate of drug-likeness (QED) is 0.430. The maximum Gasteiger partial charge on any atom is 0.187 e. The molecule has 35 heavy (non-hydrogen) atoms. The zero-order valence-electron chi connectivity index (χ0n) is 20.7. The van der Waals surface area contributed by atoms with Crippen molar-refractivity contribution in [2.75, 3.05) is 11.9 Å². The second kappa shape index (κ2) is 7.97. The third-order valence-electron chi connectivity index (χ3n) is 8.26. The lowest BCUT2D eigenvalue weighted by atomic mass is 9.80. The summed E-state index contributed by atoms with van der Waals surface area (Å²) in [5.41, 5.74) is 4.14. The van der Waals surface area contributed by atoms with E-state index in [1.54, 1.807) is 17.5 Å². The number of anilines is 1. The molecule has 180 valence electrons. The van der Waals surface area contributed by atoms with Crippen LogP contribution in [0.1, 0.15) is 63.6 Å². The molecule has 0 aliphatic carbocycles. The van der Waals surface area contributed by atoms with Gasteiger partial charge in [0, 0.05) is 42.1 Å². The van der Waals surface area contributed by atoms with Crippen LogP contribution in [0.5, 0.6) is 0 Å². The van der Waals surface area contributed by atoms with Crippen LogP contribution in [0.25, 0.3) is 27.4 Å². The Morgan fingerprint density at radius 3 is 2.60 bits per heavy atom. The summed E-state index contributed by atoms with van der Waals surface area (Å²) in [6.45, 7) is 6.55. The van der Waals surface area contributed by atoms with E-state index in [0.29, 0.717) is 23.1 Å². The number of nitrogens with zero attached hydrogens (tertiary/aromatic N) is 7. The van der Waals surface area contributed by atoms with E-state index in [1.165, 1.54) is 25.7 Å². The summed E-state index contributed by atoms with van der Waals surface area (Å²) >= 11 is 1.62. The first-order chi connectivity index (χ1) is 16.9. The number of aryl methyl sites for hydroxylation is 1. The molecule has 2 fully saturated rings. The Morgan fingerprint density at radius 2 is 1.91 bits per heavy atom. The maximum atomic E-state index is 9.63. The van der Waals surface area contributed by atoms with E-state index in [-0.39, 0.29) is 11.1 Å². The van der Waals surface area contributed by atoms with Gasteiger partial charge in [-0.2, -0.15) is 5.26 Å². The Balaban J connectivity index is 1.33. The third kappa shape index (κ3) is 3.58. The average molecular weight is 487 g/mol. The normalized spacial score (nSPS) is 25.9. The summed E-state index contributed by atoms with van der Waals surface area (Å²) in [6.07, 6.45) is 12.8. The van der Waals surface area contributed by atoms with Gasteiger partial charge in [-0.3, -0.25) is 0 Å². The van der Waals surface area contributed by atoms with E-state index in [0.717, 1.165) is 39.6 Å². The summed E-state index contributed by atoms with van der Waals surface area (Å²) in [6, 6.07) is 4.52. The molecule has 4 aromatic rings. The molecule has 4 aromatic heterocycles. The number of nitrogens with one attached hydrogen (secondary N) is 1. The third-order valence-corrected chi connectivity index (χ3v) is 9.31. The molecule has 6 rings (SSSR count). The van der Waals surface area contributed by atoms with E-state index in [2.05, 4.69) is 47.1 Å². The second-order valence-corrected chi connectivity index (χ2v) is 11.3. The predicted octanol–water partition coefficient (Wildman–Crippen LogP) is 4.86. The molecule has 0 spiro atoms. The smallest absolute Gasteiger partial charge is 0.187 e. The molecule has 2 aliphatic rings. The molecule has 2 bridgehead atoms. The molecule has 1 N–H and O–H groups in total. The van der Waals surface area contributed by atoms with Crippen molar-refractivity contribution in [1.29, 1.82) is 5.26 Å². The molecular formula is C26H30N8S. The van der Waals surface area contributed by atoms with Gasteiger partial charge in [0.05, 0.1) is 17.5 Å². The number of imidazole rings is 1. The molecule has 0 radical (unpaired) electrons. The zero-order valence-corrected chi connectivity index (χ0v) is 21.5. The zero-order chi connectivity index (χ0) is 24.4. The largest absolute Gasteiger partial charge is 0.348 e. The molecule has 0 saturated carbocycles. The highest BCUT2D eigenvalue weighted by molar-refractivity contribution is 7.21. The Labute approximate surface area is 209 Å². The first-order valence-corrected chi connectivity index (χ1v) is 13.2. The molecule has 6 heterocycles. The van der Waals surface area contributed by atoms with Crippen molar-refractivity contribution in [2.24, 2.45) is 0 Å². The topological polar surface area (TPSA) is 95.0 Å². The average Bonchev–Trinajstić information content (AvgIpc) is 3.55. The van der Waals surface area contributed by atoms with Crippen LogP contribution in [0.2, 0.25) is 0 Å². The van der Waals surface area contributed by atoms with Crippen molar-refractivity contribution in [2.45, 2.75) is 76.4 Å². The molecular weight excluding hydrogens is 456 g/mol. The molecule has 8 nitrogen and oxygen atoms in total. The minimum Gasteiger partial charge on any atom is -0.348 e. The monoisotopic (exact) mass is 486 g/mol. The summed E-state index contributed by atoms with van der Waals surface area (Å²) in [4.78, 5) is 22.0. The fraction of sp³-hybridized carbons (Fsp3) is 0.500. The van der Waals surface area contributed by atoms with E-state index in [1.807, 2.05) is 29.8 Å². The number of fused-ring (bicyclic) bond motifs is 4. The molecule has 3 atom stereocenters. The lowest BCUT2D eigenvalue weighted by Gasteiger charge is -2.47. The van der Waals surface area contributed by atoms with Crippen molar-refractivity contribution in [3.05, 3.63) is 35.9 Å². The van der Waals surface area contributed by atoms with Crippen molar-refractivity contribution in [3.63, 3.8) is 0 Å². The van der Waals surface area contributed by atoms with Gasteiger partial charge in [0.15, 0.2) is 16.6 Å². The first kappa shape index (κ1) is 22.4. The van der Waals surface area contributed by atoms with Gasteiger partial charge >= 0.3 is 0 Å². The van der Waals surface area contributed by atoms with Crippen LogP contribution in [0, 0.1) is 18.3 Å². The maximum absolute atomic E-state index is 9.63. The lowest BCUT2D eigenvalue weighted by Crippen LogP contribution is -2.60. The number of pyridine rings is 1. The Hall–Kier alpha value is -3.09. The van der Waals surface area contributed by atoms with E-state index < -0.39 is 0 Å². The molecule has 9 heteroatoms. The van der Waals surface area contributed by atoms with Crippen LogP contribution in [0.4, 0.5) is 5.13 Å². The van der Waals surface area contributed by atoms with Crippen LogP contribution >= 0.6 is 11.3 Å². The molecule has 0 amide bonds. The Morgan fingerprint density at radius 1 is 1.17 bits per heavy atom. The van der Waals surface area contributed by atoms with Crippen molar-refractivity contribution in [3.8, 4) is 17.5 Å². The van der Waals surface area contributed by atoms with Crippen molar-refractivity contribution < 1.29 is 0 Å². The number of aromatic nitrogens is 5.